The number of anilines is 1. The van der Waals surface area contributed by atoms with E-state index >= 15 is 0 Å². The van der Waals surface area contributed by atoms with E-state index in [1.165, 1.54) is 0 Å². The molecule has 26 heavy (non-hydrogen) atoms. The van der Waals surface area contributed by atoms with E-state index in [4.69, 9.17) is 16.3 Å². The van der Waals surface area contributed by atoms with Crippen molar-refractivity contribution in [2.75, 3.05) is 11.9 Å². The molecule has 0 aliphatic heterocycles. The van der Waals surface area contributed by atoms with Crippen molar-refractivity contribution in [1.29, 1.82) is 0 Å². The van der Waals surface area contributed by atoms with Gasteiger partial charge in [-0.15, -0.1) is 0 Å². The first kappa shape index (κ1) is 18.3. The highest BCUT2D eigenvalue weighted by atomic mass is 35.5. The number of halogens is 1. The summed E-state index contributed by atoms with van der Waals surface area (Å²) in [5.41, 5.74) is 1.73. The normalized spacial score (nSPS) is 14.4. The average molecular weight is 373 g/mol. The molecule has 6 heteroatoms. The van der Waals surface area contributed by atoms with Gasteiger partial charge in [-0.05, 0) is 61.7 Å². The van der Waals surface area contributed by atoms with Gasteiger partial charge in [-0.1, -0.05) is 23.7 Å². The van der Waals surface area contributed by atoms with Gasteiger partial charge in [-0.2, -0.15) is 0 Å². The summed E-state index contributed by atoms with van der Waals surface area (Å²) >= 11 is 5.81. The lowest BCUT2D eigenvalue weighted by atomic mass is 10.1. The fourth-order valence-electron chi connectivity index (χ4n) is 2.49. The number of ether oxygens (including phenoxy) is 1. The molecule has 2 aromatic carbocycles. The molecule has 2 amide bonds. The van der Waals surface area contributed by atoms with Crippen molar-refractivity contribution in [2.24, 2.45) is 5.92 Å². The largest absolute Gasteiger partial charge is 0.484 e. The second-order valence-electron chi connectivity index (χ2n) is 6.42. The fraction of sp³-hybridized carbons (Fsp3) is 0.300. The van der Waals surface area contributed by atoms with Crippen molar-refractivity contribution in [3.8, 4) is 5.75 Å². The number of amides is 2. The molecule has 1 saturated carbocycles. The number of rotatable bonds is 7. The highest BCUT2D eigenvalue weighted by Gasteiger charge is 2.29. The first-order valence-corrected chi connectivity index (χ1v) is 8.97. The Morgan fingerprint density at radius 2 is 1.77 bits per heavy atom. The first-order chi connectivity index (χ1) is 12.5. The van der Waals surface area contributed by atoms with Crippen LogP contribution in [0.25, 0.3) is 0 Å². The van der Waals surface area contributed by atoms with Crippen LogP contribution in [0, 0.1) is 5.92 Å². The summed E-state index contributed by atoms with van der Waals surface area (Å²) in [5.74, 6) is 0.638. The van der Waals surface area contributed by atoms with Crippen molar-refractivity contribution in [1.82, 2.24) is 5.32 Å². The van der Waals surface area contributed by atoms with E-state index in [1.807, 2.05) is 31.2 Å². The number of hydrogen-bond acceptors (Lipinski definition) is 3. The molecule has 5 nitrogen and oxygen atoms in total. The van der Waals surface area contributed by atoms with Gasteiger partial charge in [0.05, 0.1) is 6.04 Å². The predicted molar refractivity (Wildman–Crippen MR) is 101 cm³/mol. The van der Waals surface area contributed by atoms with Crippen LogP contribution in [0.1, 0.15) is 31.4 Å². The summed E-state index contributed by atoms with van der Waals surface area (Å²) in [4.78, 5) is 23.8. The van der Waals surface area contributed by atoms with Crippen LogP contribution in [0.3, 0.4) is 0 Å². The molecule has 1 fully saturated rings. The van der Waals surface area contributed by atoms with E-state index in [-0.39, 0.29) is 30.4 Å². The van der Waals surface area contributed by atoms with E-state index in [0.717, 1.165) is 24.1 Å². The molecule has 1 atom stereocenters. The van der Waals surface area contributed by atoms with E-state index in [9.17, 15) is 9.59 Å². The lowest BCUT2D eigenvalue weighted by Gasteiger charge is -2.15. The van der Waals surface area contributed by atoms with E-state index in [2.05, 4.69) is 10.6 Å². The summed E-state index contributed by atoms with van der Waals surface area (Å²) < 4.78 is 5.43. The Hall–Kier alpha value is -2.53. The predicted octanol–water partition coefficient (Wildman–Crippen LogP) is 3.94. The van der Waals surface area contributed by atoms with Gasteiger partial charge in [-0.3, -0.25) is 9.59 Å². The number of carbonyl (C=O) groups excluding carboxylic acids is 2. The second kappa shape index (κ2) is 8.23. The van der Waals surface area contributed by atoms with Gasteiger partial charge in [0.1, 0.15) is 5.75 Å². The zero-order valence-electron chi connectivity index (χ0n) is 14.5. The van der Waals surface area contributed by atoms with Crippen LogP contribution in [0.2, 0.25) is 5.02 Å². The maximum Gasteiger partial charge on any atom is 0.258 e. The summed E-state index contributed by atoms with van der Waals surface area (Å²) in [7, 11) is 0. The number of hydrogen-bond donors (Lipinski definition) is 2. The van der Waals surface area contributed by atoms with Crippen LogP contribution in [0.15, 0.2) is 48.5 Å². The smallest absolute Gasteiger partial charge is 0.258 e. The quantitative estimate of drug-likeness (QED) is 0.773. The molecule has 0 bridgehead atoms. The Morgan fingerprint density at radius 1 is 1.12 bits per heavy atom. The van der Waals surface area contributed by atoms with Crippen LogP contribution in [-0.4, -0.2) is 18.4 Å². The molecule has 136 valence electrons. The molecule has 0 saturated heterocycles. The third-order valence-electron chi connectivity index (χ3n) is 4.19. The van der Waals surface area contributed by atoms with E-state index in [1.54, 1.807) is 24.3 Å². The molecule has 2 N–H and O–H groups in total. The molecule has 0 radical (unpaired) electrons. The Balaban J connectivity index is 1.47. The van der Waals surface area contributed by atoms with Crippen LogP contribution >= 0.6 is 11.6 Å². The molecule has 1 aliphatic rings. The zero-order chi connectivity index (χ0) is 18.5. The van der Waals surface area contributed by atoms with Crippen molar-refractivity contribution in [2.45, 2.75) is 25.8 Å². The average Bonchev–Trinajstić information content (AvgIpc) is 3.47. The summed E-state index contributed by atoms with van der Waals surface area (Å²) in [5, 5.41) is 6.40. The zero-order valence-corrected chi connectivity index (χ0v) is 15.3. The Kier molecular flexibility index (Phi) is 5.78. The number of benzene rings is 2. The van der Waals surface area contributed by atoms with Gasteiger partial charge < -0.3 is 15.4 Å². The minimum atomic E-state index is -0.210. The minimum absolute atomic E-state index is 0.0680. The van der Waals surface area contributed by atoms with E-state index < -0.39 is 0 Å². The summed E-state index contributed by atoms with van der Waals surface area (Å²) in [6.07, 6.45) is 1.95. The van der Waals surface area contributed by atoms with Gasteiger partial charge in [-0.25, -0.2) is 0 Å². The van der Waals surface area contributed by atoms with Gasteiger partial charge in [0, 0.05) is 16.6 Å². The molecule has 2 aromatic rings. The molecule has 1 aliphatic carbocycles. The third-order valence-corrected chi connectivity index (χ3v) is 4.44. The monoisotopic (exact) mass is 372 g/mol. The van der Waals surface area contributed by atoms with Crippen molar-refractivity contribution < 1.29 is 14.3 Å². The Labute approximate surface area is 157 Å². The van der Waals surface area contributed by atoms with Crippen molar-refractivity contribution >= 4 is 29.1 Å². The fourth-order valence-corrected chi connectivity index (χ4v) is 2.62. The van der Waals surface area contributed by atoms with Gasteiger partial charge in [0.25, 0.3) is 5.91 Å². The first-order valence-electron chi connectivity index (χ1n) is 8.60. The number of nitrogens with one attached hydrogen (secondary N) is 2. The highest BCUT2D eigenvalue weighted by Crippen LogP contribution is 2.30. The van der Waals surface area contributed by atoms with Gasteiger partial charge >= 0.3 is 0 Å². The van der Waals surface area contributed by atoms with E-state index in [0.29, 0.717) is 10.8 Å². The minimum Gasteiger partial charge on any atom is -0.484 e. The molecule has 0 aromatic heterocycles. The molecule has 1 unspecified atom stereocenters. The van der Waals surface area contributed by atoms with Crippen molar-refractivity contribution in [3.63, 3.8) is 0 Å². The van der Waals surface area contributed by atoms with Crippen LogP contribution in [0.4, 0.5) is 5.69 Å². The number of carbonyl (C=O) groups is 2. The SMILES string of the molecule is CC(NC(=O)COc1ccc(Cl)cc1)c1ccc(NC(=O)C2CC2)cc1. The molecule has 0 heterocycles. The lowest BCUT2D eigenvalue weighted by molar-refractivity contribution is -0.123. The summed E-state index contributed by atoms with van der Waals surface area (Å²) in [6.45, 7) is 1.83. The Morgan fingerprint density at radius 3 is 2.38 bits per heavy atom. The third kappa shape index (κ3) is 5.23. The standard InChI is InChI=1S/C20H21ClN2O3/c1-13(22-19(24)12-26-18-10-6-16(21)7-11-18)14-4-8-17(9-5-14)23-20(25)15-2-3-15/h4-11,13,15H,2-3,12H2,1H3,(H,22,24)(H,23,25). The molecular formula is C20H21ClN2O3. The maximum absolute atomic E-state index is 12.0. The summed E-state index contributed by atoms with van der Waals surface area (Å²) in [6, 6.07) is 14.2. The maximum atomic E-state index is 12.0. The molecule has 0 spiro atoms. The second-order valence-corrected chi connectivity index (χ2v) is 6.85. The topological polar surface area (TPSA) is 67.4 Å². The van der Waals surface area contributed by atoms with Gasteiger partial charge in [0.2, 0.25) is 5.91 Å². The highest BCUT2D eigenvalue weighted by molar-refractivity contribution is 6.30. The van der Waals surface area contributed by atoms with Crippen LogP contribution < -0.4 is 15.4 Å². The Bertz CT molecular complexity index is 771. The lowest BCUT2D eigenvalue weighted by Crippen LogP contribution is -2.31. The van der Waals surface area contributed by atoms with Gasteiger partial charge in [0.15, 0.2) is 6.61 Å². The van der Waals surface area contributed by atoms with Crippen LogP contribution in [-0.2, 0) is 9.59 Å². The van der Waals surface area contributed by atoms with Crippen LogP contribution in [0.5, 0.6) is 5.75 Å². The molecular weight excluding hydrogens is 352 g/mol. The molecule has 3 rings (SSSR count). The van der Waals surface area contributed by atoms with Crippen molar-refractivity contribution in [3.05, 3.63) is 59.1 Å².